The normalized spacial score (nSPS) is 12.0. The molecule has 0 amide bonds. The number of hydrogen-bond donors (Lipinski definition) is 2. The number of aromatic nitrogens is 1. The van der Waals surface area contributed by atoms with E-state index in [9.17, 15) is 13.2 Å². The molecule has 0 bridgehead atoms. The SMILES string of the molecule is NCCCCc1c(-c2ccc(Br)cc2)[nH]c2c(C(F)(F)F)cccc12. The number of alkyl halides is 3. The molecule has 132 valence electrons. The van der Waals surface area contributed by atoms with E-state index in [-0.39, 0.29) is 5.52 Å². The number of aromatic amines is 1. The third-order valence-corrected chi connectivity index (χ3v) is 4.79. The van der Waals surface area contributed by atoms with Crippen molar-refractivity contribution in [3.8, 4) is 11.3 Å². The van der Waals surface area contributed by atoms with E-state index < -0.39 is 11.7 Å². The summed E-state index contributed by atoms with van der Waals surface area (Å²) in [5, 5.41) is 0.629. The molecule has 3 aromatic rings. The van der Waals surface area contributed by atoms with Gasteiger partial charge in [0, 0.05) is 15.6 Å². The second kappa shape index (κ2) is 7.22. The summed E-state index contributed by atoms with van der Waals surface area (Å²) in [6, 6.07) is 11.9. The monoisotopic (exact) mass is 410 g/mol. The van der Waals surface area contributed by atoms with Gasteiger partial charge in [0.05, 0.1) is 11.1 Å². The standard InChI is InChI=1S/C19H18BrF3N2/c20-13-9-7-12(8-10-13)17-14(4-1-2-11-24)15-5-3-6-16(18(15)25-17)19(21,22)23/h3,5-10,25H,1-2,4,11,24H2. The number of nitrogens with one attached hydrogen (secondary N) is 1. The minimum absolute atomic E-state index is 0.149. The Balaban J connectivity index is 2.19. The Kier molecular flexibility index (Phi) is 5.20. The Morgan fingerprint density at radius 2 is 1.72 bits per heavy atom. The molecule has 0 aliphatic rings. The van der Waals surface area contributed by atoms with Gasteiger partial charge in [-0.15, -0.1) is 0 Å². The van der Waals surface area contributed by atoms with Crippen LogP contribution in [0.15, 0.2) is 46.9 Å². The molecule has 0 unspecified atom stereocenters. The first-order valence-corrected chi connectivity index (χ1v) is 8.88. The van der Waals surface area contributed by atoms with Crippen molar-refractivity contribution in [3.63, 3.8) is 0 Å². The summed E-state index contributed by atoms with van der Waals surface area (Å²) < 4.78 is 41.1. The molecule has 0 radical (unpaired) electrons. The van der Waals surface area contributed by atoms with Gasteiger partial charge in [0.25, 0.3) is 0 Å². The van der Waals surface area contributed by atoms with Gasteiger partial charge in [-0.25, -0.2) is 0 Å². The molecule has 1 aromatic heterocycles. The highest BCUT2D eigenvalue weighted by molar-refractivity contribution is 9.10. The highest BCUT2D eigenvalue weighted by Crippen LogP contribution is 2.39. The van der Waals surface area contributed by atoms with Gasteiger partial charge in [-0.05, 0) is 55.1 Å². The van der Waals surface area contributed by atoms with Gasteiger partial charge in [-0.2, -0.15) is 13.2 Å². The fourth-order valence-corrected chi connectivity index (χ4v) is 3.34. The van der Waals surface area contributed by atoms with Gasteiger partial charge >= 0.3 is 6.18 Å². The minimum atomic E-state index is -4.39. The molecule has 0 aliphatic carbocycles. The molecule has 1 heterocycles. The zero-order valence-corrected chi connectivity index (χ0v) is 15.0. The fourth-order valence-electron chi connectivity index (χ4n) is 3.08. The lowest BCUT2D eigenvalue weighted by molar-refractivity contribution is -0.136. The molecule has 3 N–H and O–H groups in total. The summed E-state index contributed by atoms with van der Waals surface area (Å²) >= 11 is 3.39. The number of halogens is 4. The summed E-state index contributed by atoms with van der Waals surface area (Å²) in [5.41, 5.74) is 7.61. The Labute approximate surface area is 152 Å². The van der Waals surface area contributed by atoms with E-state index in [1.807, 2.05) is 24.3 Å². The Bertz CT molecular complexity index is 867. The smallest absolute Gasteiger partial charge is 0.354 e. The summed E-state index contributed by atoms with van der Waals surface area (Å²) in [6.45, 7) is 0.573. The predicted molar refractivity (Wildman–Crippen MR) is 98.4 cm³/mol. The quantitative estimate of drug-likeness (QED) is 0.505. The number of fused-ring (bicyclic) bond motifs is 1. The van der Waals surface area contributed by atoms with Crippen LogP contribution in [-0.4, -0.2) is 11.5 Å². The summed E-state index contributed by atoms with van der Waals surface area (Å²) in [4.78, 5) is 3.04. The van der Waals surface area contributed by atoms with Gasteiger partial charge in [0.15, 0.2) is 0 Å². The van der Waals surface area contributed by atoms with E-state index in [0.29, 0.717) is 18.4 Å². The highest BCUT2D eigenvalue weighted by Gasteiger charge is 2.33. The lowest BCUT2D eigenvalue weighted by Gasteiger charge is -2.07. The molecule has 2 aromatic carbocycles. The summed E-state index contributed by atoms with van der Waals surface area (Å²) in [7, 11) is 0. The Morgan fingerprint density at radius 1 is 1.00 bits per heavy atom. The number of hydrogen-bond acceptors (Lipinski definition) is 1. The molecule has 0 fully saturated rings. The van der Waals surface area contributed by atoms with Crippen molar-refractivity contribution in [1.29, 1.82) is 0 Å². The molecular weight excluding hydrogens is 393 g/mol. The molecule has 0 saturated heterocycles. The maximum absolute atomic E-state index is 13.4. The number of unbranched alkanes of at least 4 members (excludes halogenated alkanes) is 1. The van der Waals surface area contributed by atoms with E-state index in [1.54, 1.807) is 6.07 Å². The van der Waals surface area contributed by atoms with Crippen LogP contribution in [0, 0.1) is 0 Å². The summed E-state index contributed by atoms with van der Waals surface area (Å²) in [5.74, 6) is 0. The minimum Gasteiger partial charge on any atom is -0.354 e. The zero-order chi connectivity index (χ0) is 18.0. The van der Waals surface area contributed by atoms with Crippen LogP contribution in [-0.2, 0) is 12.6 Å². The molecule has 25 heavy (non-hydrogen) atoms. The van der Waals surface area contributed by atoms with Gasteiger partial charge in [-0.1, -0.05) is 40.2 Å². The average Bonchev–Trinajstić information content (AvgIpc) is 2.93. The van der Waals surface area contributed by atoms with Crippen molar-refractivity contribution in [2.24, 2.45) is 5.73 Å². The summed E-state index contributed by atoms with van der Waals surface area (Å²) in [6.07, 6.45) is -2.03. The number of benzene rings is 2. The maximum Gasteiger partial charge on any atom is 0.418 e. The number of rotatable bonds is 5. The number of H-pyrrole nitrogens is 1. The van der Waals surface area contributed by atoms with Crippen molar-refractivity contribution in [2.75, 3.05) is 6.54 Å². The van der Waals surface area contributed by atoms with Gasteiger partial charge in [-0.3, -0.25) is 0 Å². The highest BCUT2D eigenvalue weighted by atomic mass is 79.9. The third kappa shape index (κ3) is 3.75. The van der Waals surface area contributed by atoms with Crippen LogP contribution in [0.25, 0.3) is 22.2 Å². The number of nitrogens with two attached hydrogens (primary N) is 1. The molecule has 0 saturated carbocycles. The fraction of sp³-hybridized carbons (Fsp3) is 0.263. The molecule has 0 atom stereocenters. The number of aryl methyl sites for hydroxylation is 1. The van der Waals surface area contributed by atoms with E-state index in [4.69, 9.17) is 5.73 Å². The van der Waals surface area contributed by atoms with Gasteiger partial charge in [0.2, 0.25) is 0 Å². The van der Waals surface area contributed by atoms with Gasteiger partial charge in [0.1, 0.15) is 0 Å². The number of para-hydroxylation sites is 1. The second-order valence-corrected chi connectivity index (χ2v) is 6.87. The van der Waals surface area contributed by atoms with Crippen molar-refractivity contribution in [1.82, 2.24) is 4.98 Å². The van der Waals surface area contributed by atoms with E-state index in [1.165, 1.54) is 6.07 Å². The van der Waals surface area contributed by atoms with E-state index in [2.05, 4.69) is 20.9 Å². The van der Waals surface area contributed by atoms with Gasteiger partial charge < -0.3 is 10.7 Å². The first kappa shape index (κ1) is 18.0. The van der Waals surface area contributed by atoms with Crippen molar-refractivity contribution in [3.05, 3.63) is 58.1 Å². The van der Waals surface area contributed by atoms with Crippen LogP contribution in [0.2, 0.25) is 0 Å². The first-order valence-electron chi connectivity index (χ1n) is 8.08. The largest absolute Gasteiger partial charge is 0.418 e. The average molecular weight is 411 g/mol. The zero-order valence-electron chi connectivity index (χ0n) is 13.5. The lowest BCUT2D eigenvalue weighted by Crippen LogP contribution is -2.05. The van der Waals surface area contributed by atoms with E-state index in [0.717, 1.165) is 40.2 Å². The lowest BCUT2D eigenvalue weighted by atomic mass is 9.99. The van der Waals surface area contributed by atoms with Crippen LogP contribution in [0.4, 0.5) is 13.2 Å². The van der Waals surface area contributed by atoms with Crippen LogP contribution in [0.5, 0.6) is 0 Å². The van der Waals surface area contributed by atoms with Crippen LogP contribution in [0.3, 0.4) is 0 Å². The van der Waals surface area contributed by atoms with Crippen molar-refractivity contribution in [2.45, 2.75) is 25.4 Å². The van der Waals surface area contributed by atoms with Crippen LogP contribution in [0.1, 0.15) is 24.0 Å². The molecular formula is C19H18BrF3N2. The second-order valence-electron chi connectivity index (χ2n) is 5.96. The predicted octanol–water partition coefficient (Wildman–Crippen LogP) is 5.90. The molecule has 0 aliphatic heterocycles. The van der Waals surface area contributed by atoms with Crippen molar-refractivity contribution >= 4 is 26.8 Å². The van der Waals surface area contributed by atoms with Crippen LogP contribution >= 0.6 is 15.9 Å². The third-order valence-electron chi connectivity index (χ3n) is 4.26. The van der Waals surface area contributed by atoms with Crippen LogP contribution < -0.4 is 5.73 Å². The molecule has 3 rings (SSSR count). The Hall–Kier alpha value is -1.79. The Morgan fingerprint density at radius 3 is 2.36 bits per heavy atom. The maximum atomic E-state index is 13.4. The topological polar surface area (TPSA) is 41.8 Å². The van der Waals surface area contributed by atoms with Crippen molar-refractivity contribution < 1.29 is 13.2 Å². The molecule has 2 nitrogen and oxygen atoms in total. The molecule has 6 heteroatoms. The van der Waals surface area contributed by atoms with E-state index >= 15 is 0 Å². The molecule has 0 spiro atoms. The first-order chi connectivity index (χ1) is 11.9.